The molecule has 182 valence electrons. The molecule has 1 aliphatic rings. The number of hydrogen-bond donors (Lipinski definition) is 0. The van der Waals surface area contributed by atoms with Crippen molar-refractivity contribution in [2.24, 2.45) is 0 Å². The lowest BCUT2D eigenvalue weighted by molar-refractivity contribution is 0.0634. The number of amides is 1. The summed E-state index contributed by atoms with van der Waals surface area (Å²) in [5.74, 6) is -0.816. The average molecular weight is 531 g/mol. The van der Waals surface area contributed by atoms with Crippen LogP contribution in [-0.4, -0.2) is 62.3 Å². The topological polar surface area (TPSA) is 89.5 Å². The molecule has 3 unspecified atom stereocenters. The molecule has 2 aromatic carbocycles. The van der Waals surface area contributed by atoms with Crippen LogP contribution in [-0.2, 0) is 11.2 Å². The molecule has 1 aromatic heterocycles. The number of rotatable bonds is 6. The number of ketones is 1. The number of nitrogens with zero attached hydrogens (tertiary/aromatic N) is 4. The molecule has 4 rings (SSSR count). The highest BCUT2D eigenvalue weighted by molar-refractivity contribution is 7.92. The Labute approximate surface area is 217 Å². The normalized spacial score (nSPS) is 18.9. The number of piperazine rings is 1. The van der Waals surface area contributed by atoms with Gasteiger partial charge in [-0.05, 0) is 73.6 Å². The van der Waals surface area contributed by atoms with E-state index in [1.54, 1.807) is 18.2 Å². The van der Waals surface area contributed by atoms with E-state index in [9.17, 15) is 14.1 Å². The van der Waals surface area contributed by atoms with Gasteiger partial charge in [0.25, 0.3) is 5.91 Å². The van der Waals surface area contributed by atoms with Crippen molar-refractivity contribution in [3.63, 3.8) is 0 Å². The van der Waals surface area contributed by atoms with Gasteiger partial charge in [-0.2, -0.15) is 5.10 Å². The first kappa shape index (κ1) is 25.4. The van der Waals surface area contributed by atoms with Crippen LogP contribution in [0.15, 0.2) is 65.7 Å². The minimum atomic E-state index is -1.68. The maximum Gasteiger partial charge on any atom is 0.254 e. The van der Waals surface area contributed by atoms with Crippen LogP contribution in [0, 0.1) is 0 Å². The van der Waals surface area contributed by atoms with E-state index in [0.29, 0.717) is 28.6 Å². The Kier molecular flexibility index (Phi) is 7.96. The standard InChI is InChI=1S/C25H24Cl2N4O3S/c1-16-17(2)31(12-11-30(16)20-6-3-5-19(26)14-20)25(33)18-8-9-24(21(27)13-18)35(34)15-23(32)22-7-4-10-28-29-22/h3-10,13-14,16-17H,11-12,15H2,1-2H3. The molecule has 0 bridgehead atoms. The third-order valence-electron chi connectivity index (χ3n) is 6.21. The maximum absolute atomic E-state index is 13.3. The average Bonchev–Trinajstić information content (AvgIpc) is 2.85. The molecular weight excluding hydrogens is 507 g/mol. The van der Waals surface area contributed by atoms with Gasteiger partial charge in [-0.25, -0.2) is 0 Å². The SMILES string of the molecule is CC1C(C)N(c2cccc(Cl)c2)CCN1C(=O)c1ccc([S+]([O-])CC(=O)c2cccnn2)c(Cl)c1. The molecule has 3 aromatic rings. The largest absolute Gasteiger partial charge is 0.611 e. The molecule has 10 heteroatoms. The van der Waals surface area contributed by atoms with Gasteiger partial charge in [-0.1, -0.05) is 29.3 Å². The van der Waals surface area contributed by atoms with E-state index in [1.165, 1.54) is 18.3 Å². The molecule has 0 radical (unpaired) electrons. The van der Waals surface area contributed by atoms with Gasteiger partial charge in [0.1, 0.15) is 5.69 Å². The van der Waals surface area contributed by atoms with Crippen LogP contribution in [0.4, 0.5) is 5.69 Å². The number of anilines is 1. The van der Waals surface area contributed by atoms with Gasteiger partial charge in [0.15, 0.2) is 10.6 Å². The van der Waals surface area contributed by atoms with Crippen molar-refractivity contribution in [2.75, 3.05) is 23.7 Å². The maximum atomic E-state index is 13.3. The molecule has 1 aliphatic heterocycles. The molecule has 0 N–H and O–H groups in total. The molecule has 1 saturated heterocycles. The van der Waals surface area contributed by atoms with Gasteiger partial charge in [-0.15, -0.1) is 5.10 Å². The van der Waals surface area contributed by atoms with Crippen LogP contribution in [0.1, 0.15) is 34.7 Å². The first-order valence-corrected chi connectivity index (χ1v) is 13.2. The smallest absolute Gasteiger partial charge is 0.254 e. The van der Waals surface area contributed by atoms with Crippen LogP contribution < -0.4 is 4.90 Å². The zero-order valence-electron chi connectivity index (χ0n) is 19.2. The number of benzene rings is 2. The molecule has 1 fully saturated rings. The van der Waals surface area contributed by atoms with E-state index in [2.05, 4.69) is 22.0 Å². The summed E-state index contributed by atoms with van der Waals surface area (Å²) < 4.78 is 12.8. The Balaban J connectivity index is 1.45. The first-order chi connectivity index (χ1) is 16.8. The summed E-state index contributed by atoms with van der Waals surface area (Å²) in [7, 11) is 0. The Morgan fingerprint density at radius 3 is 2.54 bits per heavy atom. The quantitative estimate of drug-likeness (QED) is 0.344. The second-order valence-corrected chi connectivity index (χ2v) is 10.6. The monoisotopic (exact) mass is 530 g/mol. The van der Waals surface area contributed by atoms with Crippen LogP contribution in [0.2, 0.25) is 10.0 Å². The van der Waals surface area contributed by atoms with Crippen molar-refractivity contribution in [1.82, 2.24) is 15.1 Å². The fourth-order valence-corrected chi connectivity index (χ4v) is 5.82. The van der Waals surface area contributed by atoms with Crippen molar-refractivity contribution < 1.29 is 14.1 Å². The molecule has 0 aliphatic carbocycles. The molecule has 0 spiro atoms. The lowest BCUT2D eigenvalue weighted by atomic mass is 10.0. The van der Waals surface area contributed by atoms with Crippen molar-refractivity contribution >= 4 is 51.8 Å². The van der Waals surface area contributed by atoms with Crippen molar-refractivity contribution in [3.8, 4) is 0 Å². The van der Waals surface area contributed by atoms with Gasteiger partial charge >= 0.3 is 0 Å². The zero-order chi connectivity index (χ0) is 25.1. The predicted octanol–water partition coefficient (Wildman–Crippen LogP) is 4.51. The Bertz CT molecular complexity index is 1230. The van der Waals surface area contributed by atoms with Crippen molar-refractivity contribution in [1.29, 1.82) is 0 Å². The lowest BCUT2D eigenvalue weighted by Gasteiger charge is -2.46. The molecule has 35 heavy (non-hydrogen) atoms. The highest BCUT2D eigenvalue weighted by Gasteiger charge is 2.34. The Morgan fingerprint density at radius 1 is 1.06 bits per heavy atom. The van der Waals surface area contributed by atoms with E-state index in [4.69, 9.17) is 23.2 Å². The van der Waals surface area contributed by atoms with Gasteiger partial charge in [-0.3, -0.25) is 9.59 Å². The fraction of sp³-hybridized carbons (Fsp3) is 0.280. The predicted molar refractivity (Wildman–Crippen MR) is 138 cm³/mol. The minimum absolute atomic E-state index is 0.0626. The van der Waals surface area contributed by atoms with E-state index in [-0.39, 0.29) is 34.5 Å². The molecule has 3 atom stereocenters. The minimum Gasteiger partial charge on any atom is -0.611 e. The van der Waals surface area contributed by atoms with E-state index < -0.39 is 17.0 Å². The third kappa shape index (κ3) is 5.62. The van der Waals surface area contributed by atoms with Gasteiger partial charge in [0, 0.05) is 47.6 Å². The Hall–Kier alpha value is -2.65. The van der Waals surface area contributed by atoms with Gasteiger partial charge < -0.3 is 14.4 Å². The lowest BCUT2D eigenvalue weighted by Crippen LogP contribution is -2.59. The van der Waals surface area contributed by atoms with Crippen LogP contribution >= 0.6 is 23.2 Å². The summed E-state index contributed by atoms with van der Waals surface area (Å²) >= 11 is 10.9. The summed E-state index contributed by atoms with van der Waals surface area (Å²) in [6.45, 7) is 5.30. The molecule has 2 heterocycles. The van der Waals surface area contributed by atoms with Crippen molar-refractivity contribution in [2.45, 2.75) is 30.8 Å². The summed E-state index contributed by atoms with van der Waals surface area (Å²) in [6.07, 6.45) is 1.46. The molecule has 7 nitrogen and oxygen atoms in total. The first-order valence-electron chi connectivity index (χ1n) is 11.1. The van der Waals surface area contributed by atoms with Crippen LogP contribution in [0.5, 0.6) is 0 Å². The second kappa shape index (κ2) is 11.0. The number of Topliss-reactive ketones (excluding diaryl/α,β-unsaturated/α-hetero) is 1. The van der Waals surface area contributed by atoms with Gasteiger partial charge in [0.05, 0.1) is 5.02 Å². The fourth-order valence-electron chi connectivity index (χ4n) is 4.15. The van der Waals surface area contributed by atoms with E-state index in [0.717, 1.165) is 5.69 Å². The van der Waals surface area contributed by atoms with Crippen molar-refractivity contribution in [3.05, 3.63) is 82.1 Å². The van der Waals surface area contributed by atoms with Gasteiger partial charge in [0.2, 0.25) is 5.78 Å². The van der Waals surface area contributed by atoms with Crippen LogP contribution in [0.25, 0.3) is 0 Å². The van der Waals surface area contributed by atoms with Crippen LogP contribution in [0.3, 0.4) is 0 Å². The number of aromatic nitrogens is 2. The Morgan fingerprint density at radius 2 is 1.86 bits per heavy atom. The highest BCUT2D eigenvalue weighted by Crippen LogP contribution is 2.29. The highest BCUT2D eigenvalue weighted by atomic mass is 35.5. The summed E-state index contributed by atoms with van der Waals surface area (Å²) in [6, 6.07) is 15.5. The molecule has 1 amide bonds. The number of carbonyl (C=O) groups excluding carboxylic acids is 2. The summed E-state index contributed by atoms with van der Waals surface area (Å²) in [4.78, 5) is 30.0. The summed E-state index contributed by atoms with van der Waals surface area (Å²) in [5, 5.41) is 8.27. The number of halogens is 2. The van der Waals surface area contributed by atoms with E-state index >= 15 is 0 Å². The zero-order valence-corrected chi connectivity index (χ0v) is 21.6. The third-order valence-corrected chi connectivity index (χ3v) is 8.24. The number of carbonyl (C=O) groups is 2. The summed E-state index contributed by atoms with van der Waals surface area (Å²) in [5.41, 5.74) is 1.57. The van der Waals surface area contributed by atoms with E-state index in [1.807, 2.05) is 36.1 Å². The number of hydrogen-bond acceptors (Lipinski definition) is 6. The molecular formula is C25H24Cl2N4O3S. The molecule has 0 saturated carbocycles. The second-order valence-electron chi connectivity index (χ2n) is 8.32.